The lowest BCUT2D eigenvalue weighted by Gasteiger charge is -2.20. The van der Waals surface area contributed by atoms with Crippen molar-refractivity contribution in [3.63, 3.8) is 0 Å². The first kappa shape index (κ1) is 17.1. The number of hydrogen-bond donors (Lipinski definition) is 2. The highest BCUT2D eigenvalue weighted by Crippen LogP contribution is 2.38. The van der Waals surface area contributed by atoms with E-state index in [9.17, 15) is 9.18 Å². The lowest BCUT2D eigenvalue weighted by Crippen LogP contribution is -2.25. The fraction of sp³-hybridized carbons (Fsp3) is 0.316. The average molecular weight is 377 g/mol. The minimum Gasteiger partial charge on any atom is -0.486 e. The number of amides is 1. The van der Waals surface area contributed by atoms with Crippen LogP contribution in [0.2, 0.25) is 5.02 Å². The van der Waals surface area contributed by atoms with Gasteiger partial charge in [0.25, 0.3) is 0 Å². The Hall–Kier alpha value is -2.31. The second-order valence-electron chi connectivity index (χ2n) is 6.32. The zero-order valence-corrected chi connectivity index (χ0v) is 14.8. The van der Waals surface area contributed by atoms with E-state index in [4.69, 9.17) is 21.1 Å². The Morgan fingerprint density at radius 2 is 2.12 bits per heavy atom. The van der Waals surface area contributed by atoms with Crippen molar-refractivity contribution in [1.29, 1.82) is 0 Å². The molecule has 2 N–H and O–H groups in total. The van der Waals surface area contributed by atoms with Gasteiger partial charge in [-0.1, -0.05) is 17.7 Å². The largest absolute Gasteiger partial charge is 0.486 e. The predicted molar refractivity (Wildman–Crippen MR) is 96.6 cm³/mol. The molecule has 2 aliphatic heterocycles. The van der Waals surface area contributed by atoms with Gasteiger partial charge in [0.15, 0.2) is 11.5 Å². The van der Waals surface area contributed by atoms with Gasteiger partial charge in [0.2, 0.25) is 5.91 Å². The highest BCUT2D eigenvalue weighted by molar-refractivity contribution is 6.32. The minimum atomic E-state index is -0.349. The maximum atomic E-state index is 14.6. The van der Waals surface area contributed by atoms with Gasteiger partial charge in [0.1, 0.15) is 19.0 Å². The van der Waals surface area contributed by atoms with E-state index < -0.39 is 0 Å². The molecule has 0 bridgehead atoms. The third-order valence-corrected chi connectivity index (χ3v) is 4.78. The van der Waals surface area contributed by atoms with Gasteiger partial charge in [-0.25, -0.2) is 4.39 Å². The molecule has 2 aromatic carbocycles. The van der Waals surface area contributed by atoms with Gasteiger partial charge in [-0.3, -0.25) is 4.79 Å². The Labute approximate surface area is 155 Å². The number of rotatable bonds is 3. The van der Waals surface area contributed by atoms with Crippen molar-refractivity contribution in [3.8, 4) is 11.5 Å². The van der Waals surface area contributed by atoms with Crippen LogP contribution in [0.25, 0.3) is 0 Å². The third-order valence-electron chi connectivity index (χ3n) is 4.50. The van der Waals surface area contributed by atoms with Gasteiger partial charge in [0.05, 0.1) is 17.1 Å². The molecule has 0 saturated carbocycles. The molecule has 136 valence electrons. The summed E-state index contributed by atoms with van der Waals surface area (Å²) in [4.78, 5) is 12.4. The zero-order valence-electron chi connectivity index (χ0n) is 14.0. The first-order valence-corrected chi connectivity index (χ1v) is 8.88. The smallest absolute Gasteiger partial charge is 0.228 e. The molecule has 0 fully saturated rings. The lowest BCUT2D eigenvalue weighted by molar-refractivity contribution is -0.115. The zero-order chi connectivity index (χ0) is 18.1. The summed E-state index contributed by atoms with van der Waals surface area (Å²) in [5, 5.41) is 6.26. The maximum Gasteiger partial charge on any atom is 0.228 e. The van der Waals surface area contributed by atoms with E-state index >= 15 is 0 Å². The SMILES string of the molecule is O=C(Cc1cc(Cl)c2c(c1)OCCO2)Nc1ccc2c(c1F)CCNC2. The van der Waals surface area contributed by atoms with Crippen molar-refractivity contribution in [3.05, 3.63) is 51.8 Å². The number of benzene rings is 2. The molecule has 2 aromatic rings. The van der Waals surface area contributed by atoms with Crippen molar-refractivity contribution in [1.82, 2.24) is 5.32 Å². The highest BCUT2D eigenvalue weighted by Gasteiger charge is 2.20. The Morgan fingerprint density at radius 3 is 3.00 bits per heavy atom. The second kappa shape index (κ2) is 7.13. The standard InChI is InChI=1S/C19H18ClFN2O3/c20-14-7-11(8-16-19(14)26-6-5-25-16)9-17(24)23-15-2-1-12-10-22-4-3-13(12)18(15)21/h1-2,7-8,22H,3-6,9-10H2,(H,23,24). The number of ether oxygens (including phenoxy) is 2. The Balaban J connectivity index is 1.50. The molecule has 0 aliphatic carbocycles. The molecule has 26 heavy (non-hydrogen) atoms. The minimum absolute atomic E-state index is 0.0639. The van der Waals surface area contributed by atoms with Crippen molar-refractivity contribution >= 4 is 23.2 Å². The van der Waals surface area contributed by atoms with Crippen molar-refractivity contribution < 1.29 is 18.7 Å². The number of nitrogens with one attached hydrogen (secondary N) is 2. The molecule has 5 nitrogen and oxygen atoms in total. The molecule has 2 heterocycles. The normalized spacial score (nSPS) is 15.3. The summed E-state index contributed by atoms with van der Waals surface area (Å²) in [6.45, 7) is 2.26. The molecule has 0 aromatic heterocycles. The Kier molecular flexibility index (Phi) is 4.70. The van der Waals surface area contributed by atoms with Crippen LogP contribution in [-0.2, 0) is 24.2 Å². The fourth-order valence-corrected chi connectivity index (χ4v) is 3.56. The molecule has 7 heteroatoms. The molecular formula is C19H18ClFN2O3. The summed E-state index contributed by atoms with van der Waals surface area (Å²) >= 11 is 6.19. The van der Waals surface area contributed by atoms with Gasteiger partial charge in [0, 0.05) is 6.54 Å². The van der Waals surface area contributed by atoms with Crippen LogP contribution < -0.4 is 20.1 Å². The quantitative estimate of drug-likeness (QED) is 0.864. The summed E-state index contributed by atoms with van der Waals surface area (Å²) in [5.74, 6) is 0.360. The third kappa shape index (κ3) is 3.34. The van der Waals surface area contributed by atoms with Crippen LogP contribution in [-0.4, -0.2) is 25.7 Å². The van der Waals surface area contributed by atoms with E-state index in [2.05, 4.69) is 10.6 Å². The van der Waals surface area contributed by atoms with Crippen LogP contribution in [0.15, 0.2) is 24.3 Å². The summed E-state index contributed by atoms with van der Waals surface area (Å²) in [6, 6.07) is 6.86. The van der Waals surface area contributed by atoms with Crippen molar-refractivity contribution in [2.45, 2.75) is 19.4 Å². The average Bonchev–Trinajstić information content (AvgIpc) is 2.64. The molecular weight excluding hydrogens is 359 g/mol. The van der Waals surface area contributed by atoms with Gasteiger partial charge < -0.3 is 20.1 Å². The van der Waals surface area contributed by atoms with Crippen LogP contribution in [0.1, 0.15) is 16.7 Å². The maximum absolute atomic E-state index is 14.6. The predicted octanol–water partition coefficient (Wildman–Crippen LogP) is 3.08. The molecule has 1 amide bonds. The lowest BCUT2D eigenvalue weighted by atomic mass is 9.99. The topological polar surface area (TPSA) is 59.6 Å². The van der Waals surface area contributed by atoms with Gasteiger partial charge in [-0.2, -0.15) is 0 Å². The first-order valence-electron chi connectivity index (χ1n) is 8.50. The summed E-state index contributed by atoms with van der Waals surface area (Å²) in [7, 11) is 0. The molecule has 0 saturated heterocycles. The van der Waals surface area contributed by atoms with Gasteiger partial charge in [-0.15, -0.1) is 0 Å². The number of fused-ring (bicyclic) bond motifs is 2. The molecule has 2 aliphatic rings. The molecule has 0 unspecified atom stereocenters. The second-order valence-corrected chi connectivity index (χ2v) is 6.73. The molecule has 0 atom stereocenters. The highest BCUT2D eigenvalue weighted by atomic mass is 35.5. The number of hydrogen-bond acceptors (Lipinski definition) is 4. The number of carbonyl (C=O) groups is 1. The summed E-state index contributed by atoms with van der Waals surface area (Å²) in [6.07, 6.45) is 0.678. The number of carbonyl (C=O) groups excluding carboxylic acids is 1. The molecule has 4 rings (SSSR count). The fourth-order valence-electron chi connectivity index (χ4n) is 3.28. The Bertz CT molecular complexity index is 872. The monoisotopic (exact) mass is 376 g/mol. The summed E-state index contributed by atoms with van der Waals surface area (Å²) in [5.41, 5.74) is 2.49. The van der Waals surface area contributed by atoms with Crippen LogP contribution in [0.3, 0.4) is 0 Å². The van der Waals surface area contributed by atoms with Gasteiger partial charge >= 0.3 is 0 Å². The molecule has 0 spiro atoms. The van der Waals surface area contributed by atoms with Crippen LogP contribution >= 0.6 is 11.6 Å². The molecule has 0 radical (unpaired) electrons. The van der Waals surface area contributed by atoms with E-state index in [0.29, 0.717) is 53.8 Å². The van der Waals surface area contributed by atoms with Crippen molar-refractivity contribution in [2.24, 2.45) is 0 Å². The first-order chi connectivity index (χ1) is 12.6. The van der Waals surface area contributed by atoms with Gasteiger partial charge in [-0.05, 0) is 47.9 Å². The van der Waals surface area contributed by atoms with E-state index in [1.807, 2.05) is 6.07 Å². The van der Waals surface area contributed by atoms with E-state index in [1.165, 1.54) is 0 Å². The van der Waals surface area contributed by atoms with E-state index in [0.717, 1.165) is 12.1 Å². The number of anilines is 1. The Morgan fingerprint density at radius 1 is 1.27 bits per heavy atom. The van der Waals surface area contributed by atoms with E-state index in [1.54, 1.807) is 18.2 Å². The summed E-state index contributed by atoms with van der Waals surface area (Å²) < 4.78 is 25.6. The van der Waals surface area contributed by atoms with Crippen LogP contribution in [0.5, 0.6) is 11.5 Å². The van der Waals surface area contributed by atoms with Crippen LogP contribution in [0.4, 0.5) is 10.1 Å². The van der Waals surface area contributed by atoms with E-state index in [-0.39, 0.29) is 23.8 Å². The van der Waals surface area contributed by atoms with Crippen molar-refractivity contribution in [2.75, 3.05) is 25.1 Å². The van der Waals surface area contributed by atoms with Crippen LogP contribution in [0, 0.1) is 5.82 Å². The number of halogens is 2.